The normalized spacial score (nSPS) is 15.5. The van der Waals surface area contributed by atoms with Crippen LogP contribution in [0, 0.1) is 0 Å². The molecule has 2 N–H and O–H groups in total. The third kappa shape index (κ3) is 4.58. The van der Waals surface area contributed by atoms with Gasteiger partial charge < -0.3 is 10.2 Å². The topological polar surface area (TPSA) is 43.7 Å². The Morgan fingerprint density at radius 3 is 2.18 bits per heavy atom. The van der Waals surface area contributed by atoms with Crippen molar-refractivity contribution in [1.29, 1.82) is 0 Å². The van der Waals surface area contributed by atoms with Gasteiger partial charge in [0.25, 0.3) is 0 Å². The predicted molar refractivity (Wildman–Crippen MR) is 45.4 cm³/mol. The average molecular weight is 182 g/mol. The van der Waals surface area contributed by atoms with Crippen molar-refractivity contribution in [3.63, 3.8) is 0 Å². The van der Waals surface area contributed by atoms with Gasteiger partial charge in [0.15, 0.2) is 0 Å². The molecule has 0 saturated carbocycles. The van der Waals surface area contributed by atoms with Crippen LogP contribution in [-0.2, 0) is 0 Å². The molecule has 68 valence electrons. The summed E-state index contributed by atoms with van der Waals surface area (Å²) < 4.78 is 1.48. The number of hydrogen-bond donors (Lipinski definition) is 2. The molecular weight excluding hydrogens is 166 g/mol. The molecule has 0 heterocycles. The van der Waals surface area contributed by atoms with Gasteiger partial charge in [-0.15, -0.1) is 0 Å². The molecular formula is C7H16ClNO2. The molecule has 0 rings (SSSR count). The Balaban J connectivity index is 3.77. The van der Waals surface area contributed by atoms with Gasteiger partial charge in [-0.05, 0) is 32.5 Å². The van der Waals surface area contributed by atoms with E-state index in [-0.39, 0.29) is 18.7 Å². The summed E-state index contributed by atoms with van der Waals surface area (Å²) in [6.07, 6.45) is -0.758. The summed E-state index contributed by atoms with van der Waals surface area (Å²) in [5.41, 5.74) is -0.183. The van der Waals surface area contributed by atoms with Crippen molar-refractivity contribution < 1.29 is 10.2 Å². The lowest BCUT2D eigenvalue weighted by Gasteiger charge is -2.29. The molecule has 4 heteroatoms. The first-order chi connectivity index (χ1) is 4.88. The van der Waals surface area contributed by atoms with Gasteiger partial charge in [-0.3, -0.25) is 0 Å². The van der Waals surface area contributed by atoms with E-state index in [1.165, 1.54) is 4.42 Å². The number of nitrogens with zero attached hydrogens (tertiary/aromatic N) is 1. The van der Waals surface area contributed by atoms with Crippen LogP contribution in [0.25, 0.3) is 0 Å². The van der Waals surface area contributed by atoms with Gasteiger partial charge in [0.1, 0.15) is 0 Å². The van der Waals surface area contributed by atoms with Crippen LogP contribution in [0.4, 0.5) is 0 Å². The lowest BCUT2D eigenvalue weighted by Crippen LogP contribution is -2.39. The molecule has 0 radical (unpaired) electrons. The lowest BCUT2D eigenvalue weighted by atomic mass is 10.1. The summed E-state index contributed by atoms with van der Waals surface area (Å²) in [7, 11) is 0. The second kappa shape index (κ2) is 4.26. The quantitative estimate of drug-likeness (QED) is 0.627. The summed E-state index contributed by atoms with van der Waals surface area (Å²) >= 11 is 5.79. The molecule has 0 aliphatic carbocycles. The number of halogens is 1. The third-order valence-corrected chi connectivity index (χ3v) is 1.95. The van der Waals surface area contributed by atoms with Crippen molar-refractivity contribution >= 4 is 11.8 Å². The summed E-state index contributed by atoms with van der Waals surface area (Å²) in [6.45, 7) is 5.83. The molecule has 0 aromatic carbocycles. The molecule has 1 unspecified atom stereocenters. The van der Waals surface area contributed by atoms with Crippen molar-refractivity contribution in [2.45, 2.75) is 32.4 Å². The zero-order chi connectivity index (χ0) is 9.07. The van der Waals surface area contributed by atoms with Crippen LogP contribution >= 0.6 is 11.8 Å². The first-order valence-corrected chi connectivity index (χ1v) is 3.94. The zero-order valence-electron chi connectivity index (χ0n) is 7.21. The molecule has 3 nitrogen and oxygen atoms in total. The molecule has 1 atom stereocenters. The standard InChI is InChI=1S/C7H16ClNO2/c1-7(2,3)9(8)4-6(11)5-10/h6,10-11H,4-5H2,1-3H3. The highest BCUT2D eigenvalue weighted by molar-refractivity contribution is 6.13. The maximum atomic E-state index is 9.02. The van der Waals surface area contributed by atoms with Crippen molar-refractivity contribution in [2.24, 2.45) is 0 Å². The number of aliphatic hydroxyl groups excluding tert-OH is 2. The number of β-amino-alcohol motifs (C(OH)–C–C–N with tert-alkyl or cyclic N) is 1. The van der Waals surface area contributed by atoms with E-state index < -0.39 is 6.10 Å². The van der Waals surface area contributed by atoms with Gasteiger partial charge in [0.05, 0.1) is 12.7 Å². The zero-order valence-corrected chi connectivity index (χ0v) is 7.97. The fourth-order valence-electron chi connectivity index (χ4n) is 0.517. The molecule has 0 aromatic heterocycles. The molecule has 0 aliphatic rings. The highest BCUT2D eigenvalue weighted by atomic mass is 35.5. The Hall–Kier alpha value is 0.170. The average Bonchev–Trinajstić information content (AvgIpc) is 1.85. The van der Waals surface area contributed by atoms with Crippen molar-refractivity contribution in [3.8, 4) is 0 Å². The van der Waals surface area contributed by atoms with E-state index in [0.29, 0.717) is 0 Å². The van der Waals surface area contributed by atoms with Crippen LogP contribution < -0.4 is 0 Å². The van der Waals surface area contributed by atoms with E-state index in [9.17, 15) is 0 Å². The van der Waals surface area contributed by atoms with Gasteiger partial charge in [-0.25, -0.2) is 4.42 Å². The first kappa shape index (κ1) is 11.2. The van der Waals surface area contributed by atoms with E-state index in [1.807, 2.05) is 20.8 Å². The molecule has 0 saturated heterocycles. The van der Waals surface area contributed by atoms with Crippen LogP contribution in [0.3, 0.4) is 0 Å². The summed E-state index contributed by atoms with van der Waals surface area (Å²) in [6, 6.07) is 0. The highest BCUT2D eigenvalue weighted by Gasteiger charge is 2.21. The third-order valence-electron chi connectivity index (χ3n) is 1.31. The molecule has 0 aliphatic heterocycles. The van der Waals surface area contributed by atoms with Gasteiger partial charge in [0, 0.05) is 12.1 Å². The first-order valence-electron chi connectivity index (χ1n) is 3.60. The number of aliphatic hydroxyl groups is 2. The van der Waals surface area contributed by atoms with E-state index in [1.54, 1.807) is 0 Å². The Labute approximate surface area is 72.7 Å². The smallest absolute Gasteiger partial charge is 0.0910 e. The highest BCUT2D eigenvalue weighted by Crippen LogP contribution is 2.15. The molecule has 0 aromatic rings. The molecule has 0 spiro atoms. The van der Waals surface area contributed by atoms with Crippen molar-refractivity contribution in [2.75, 3.05) is 13.2 Å². The molecule has 11 heavy (non-hydrogen) atoms. The van der Waals surface area contributed by atoms with E-state index in [4.69, 9.17) is 22.0 Å². The molecule has 0 bridgehead atoms. The van der Waals surface area contributed by atoms with Crippen LogP contribution in [0.5, 0.6) is 0 Å². The minimum atomic E-state index is -0.758. The van der Waals surface area contributed by atoms with Crippen molar-refractivity contribution in [1.82, 2.24) is 4.42 Å². The van der Waals surface area contributed by atoms with Gasteiger partial charge in [-0.2, -0.15) is 0 Å². The van der Waals surface area contributed by atoms with Crippen LogP contribution in [0.1, 0.15) is 20.8 Å². The minimum absolute atomic E-state index is 0.183. The molecule has 0 fully saturated rings. The van der Waals surface area contributed by atoms with E-state index >= 15 is 0 Å². The Morgan fingerprint density at radius 2 is 1.91 bits per heavy atom. The van der Waals surface area contributed by atoms with Crippen molar-refractivity contribution in [3.05, 3.63) is 0 Å². The second-order valence-corrected chi connectivity index (χ2v) is 3.96. The predicted octanol–water partition coefficient (Wildman–Crippen LogP) is 0.594. The largest absolute Gasteiger partial charge is 0.394 e. The van der Waals surface area contributed by atoms with Crippen LogP contribution in [0.15, 0.2) is 0 Å². The fraction of sp³-hybridized carbons (Fsp3) is 1.00. The van der Waals surface area contributed by atoms with Gasteiger partial charge in [0.2, 0.25) is 0 Å². The summed E-state index contributed by atoms with van der Waals surface area (Å²) in [5.74, 6) is 0. The Bertz CT molecular complexity index is 113. The fourth-order valence-corrected chi connectivity index (χ4v) is 0.676. The number of hydrogen-bond acceptors (Lipinski definition) is 3. The maximum absolute atomic E-state index is 9.02. The molecule has 0 amide bonds. The van der Waals surface area contributed by atoms with Gasteiger partial charge >= 0.3 is 0 Å². The van der Waals surface area contributed by atoms with E-state index in [0.717, 1.165) is 0 Å². The Kier molecular flexibility index (Phi) is 4.32. The monoisotopic (exact) mass is 181 g/mol. The maximum Gasteiger partial charge on any atom is 0.0910 e. The minimum Gasteiger partial charge on any atom is -0.394 e. The van der Waals surface area contributed by atoms with E-state index in [2.05, 4.69) is 0 Å². The van der Waals surface area contributed by atoms with Gasteiger partial charge in [-0.1, -0.05) is 0 Å². The summed E-state index contributed by atoms with van der Waals surface area (Å²) in [4.78, 5) is 0. The van der Waals surface area contributed by atoms with Crippen LogP contribution in [-0.4, -0.2) is 39.4 Å². The van der Waals surface area contributed by atoms with Crippen LogP contribution in [0.2, 0.25) is 0 Å². The number of rotatable bonds is 3. The Morgan fingerprint density at radius 1 is 1.45 bits per heavy atom. The SMILES string of the molecule is CC(C)(C)N(Cl)CC(O)CO. The lowest BCUT2D eigenvalue weighted by molar-refractivity contribution is 0.0632. The summed E-state index contributed by atoms with van der Waals surface area (Å²) in [5, 5.41) is 17.5. The second-order valence-electron chi connectivity index (χ2n) is 3.55.